The normalized spacial score (nSPS) is 11.2. The fourth-order valence-corrected chi connectivity index (χ4v) is 2.88. The summed E-state index contributed by atoms with van der Waals surface area (Å²) in [5.41, 5.74) is 3.71. The first kappa shape index (κ1) is 21.7. The monoisotopic (exact) mass is 402 g/mol. The summed E-state index contributed by atoms with van der Waals surface area (Å²) < 4.78 is 1.88. The minimum atomic E-state index is -0.212. The number of halogens is 1. The predicted octanol–water partition coefficient (Wildman–Crippen LogP) is 3.10. The maximum atomic E-state index is 12.0. The molecule has 2 amide bonds. The molecule has 0 aliphatic carbocycles. The van der Waals surface area contributed by atoms with Crippen LogP contribution in [0.5, 0.6) is 0 Å². The van der Waals surface area contributed by atoms with Crippen LogP contribution in [0.25, 0.3) is 6.08 Å². The number of nitrogens with zero attached hydrogens (tertiary/aromatic N) is 2. The van der Waals surface area contributed by atoms with Gasteiger partial charge in [0, 0.05) is 41.4 Å². The van der Waals surface area contributed by atoms with Crippen molar-refractivity contribution >= 4 is 29.5 Å². The molecule has 0 fully saturated rings. The lowest BCUT2D eigenvalue weighted by Crippen LogP contribution is -2.35. The van der Waals surface area contributed by atoms with Crippen LogP contribution < -0.4 is 10.6 Å². The summed E-state index contributed by atoms with van der Waals surface area (Å²) in [6.45, 7) is 8.89. The van der Waals surface area contributed by atoms with Crippen molar-refractivity contribution in [2.24, 2.45) is 5.92 Å². The summed E-state index contributed by atoms with van der Waals surface area (Å²) >= 11 is 6.24. The van der Waals surface area contributed by atoms with E-state index in [9.17, 15) is 9.59 Å². The highest BCUT2D eigenvalue weighted by molar-refractivity contribution is 6.31. The van der Waals surface area contributed by atoms with Gasteiger partial charge in [-0.05, 0) is 31.6 Å². The molecule has 0 saturated carbocycles. The van der Waals surface area contributed by atoms with Gasteiger partial charge in [-0.2, -0.15) is 5.10 Å². The topological polar surface area (TPSA) is 76.0 Å². The second-order valence-electron chi connectivity index (χ2n) is 6.90. The van der Waals surface area contributed by atoms with Crippen molar-refractivity contribution in [2.75, 3.05) is 13.1 Å². The Kier molecular flexibility index (Phi) is 7.81. The average molecular weight is 403 g/mol. The van der Waals surface area contributed by atoms with Crippen molar-refractivity contribution in [1.82, 2.24) is 20.4 Å². The van der Waals surface area contributed by atoms with Gasteiger partial charge in [-0.1, -0.05) is 43.6 Å². The SMILES string of the molecule is Cc1nn(Cc2ccccc2Cl)c(C)c1/C=C/C(=O)NCCNC(=O)C(C)C. The lowest BCUT2D eigenvalue weighted by Gasteiger charge is -2.07. The Hall–Kier alpha value is -2.60. The number of carbonyl (C=O) groups is 2. The van der Waals surface area contributed by atoms with Crippen molar-refractivity contribution in [3.05, 3.63) is 57.9 Å². The van der Waals surface area contributed by atoms with Crippen molar-refractivity contribution in [3.8, 4) is 0 Å². The van der Waals surface area contributed by atoms with E-state index in [4.69, 9.17) is 11.6 Å². The molecule has 0 unspecified atom stereocenters. The number of hydrogen-bond acceptors (Lipinski definition) is 3. The summed E-state index contributed by atoms with van der Waals surface area (Å²) in [6.07, 6.45) is 3.25. The minimum absolute atomic E-state index is 0.0259. The molecular weight excluding hydrogens is 376 g/mol. The molecule has 2 rings (SSSR count). The van der Waals surface area contributed by atoms with Crippen LogP contribution in [0.4, 0.5) is 0 Å². The molecule has 28 heavy (non-hydrogen) atoms. The van der Waals surface area contributed by atoms with E-state index in [-0.39, 0.29) is 17.7 Å². The minimum Gasteiger partial charge on any atom is -0.354 e. The van der Waals surface area contributed by atoms with E-state index >= 15 is 0 Å². The van der Waals surface area contributed by atoms with E-state index in [0.717, 1.165) is 22.5 Å². The van der Waals surface area contributed by atoms with Gasteiger partial charge < -0.3 is 10.6 Å². The summed E-state index contributed by atoms with van der Waals surface area (Å²) in [4.78, 5) is 23.5. The third-order valence-electron chi connectivity index (χ3n) is 4.36. The van der Waals surface area contributed by atoms with Crippen molar-refractivity contribution in [1.29, 1.82) is 0 Å². The average Bonchev–Trinajstić information content (AvgIpc) is 2.91. The number of benzene rings is 1. The van der Waals surface area contributed by atoms with Crippen LogP contribution in [-0.4, -0.2) is 34.7 Å². The first-order valence-corrected chi connectivity index (χ1v) is 9.68. The number of aryl methyl sites for hydroxylation is 1. The highest BCUT2D eigenvalue weighted by atomic mass is 35.5. The maximum absolute atomic E-state index is 12.0. The van der Waals surface area contributed by atoms with Gasteiger partial charge in [-0.3, -0.25) is 14.3 Å². The van der Waals surface area contributed by atoms with Crippen molar-refractivity contribution in [2.45, 2.75) is 34.2 Å². The zero-order chi connectivity index (χ0) is 20.7. The summed E-state index contributed by atoms with van der Waals surface area (Å²) in [5.74, 6) is -0.303. The van der Waals surface area contributed by atoms with Crippen LogP contribution in [0.3, 0.4) is 0 Å². The molecule has 1 heterocycles. The summed E-state index contributed by atoms with van der Waals surface area (Å²) in [7, 11) is 0. The Bertz CT molecular complexity index is 871. The summed E-state index contributed by atoms with van der Waals surface area (Å²) in [5, 5.41) is 10.8. The quantitative estimate of drug-likeness (QED) is 0.526. The highest BCUT2D eigenvalue weighted by Gasteiger charge is 2.11. The molecule has 2 N–H and O–H groups in total. The zero-order valence-corrected chi connectivity index (χ0v) is 17.5. The molecule has 0 spiro atoms. The highest BCUT2D eigenvalue weighted by Crippen LogP contribution is 2.20. The summed E-state index contributed by atoms with van der Waals surface area (Å²) in [6, 6.07) is 7.67. The van der Waals surface area contributed by atoms with Crippen LogP contribution in [0.2, 0.25) is 5.02 Å². The molecule has 0 aliphatic heterocycles. The van der Waals surface area contributed by atoms with Crippen LogP contribution in [0.15, 0.2) is 30.3 Å². The largest absolute Gasteiger partial charge is 0.354 e. The number of amides is 2. The van der Waals surface area contributed by atoms with E-state index in [1.807, 2.05) is 56.6 Å². The predicted molar refractivity (Wildman–Crippen MR) is 112 cm³/mol. The number of carbonyl (C=O) groups excluding carboxylic acids is 2. The molecule has 0 aliphatic rings. The third kappa shape index (κ3) is 5.96. The number of nitrogens with one attached hydrogen (secondary N) is 2. The first-order valence-electron chi connectivity index (χ1n) is 9.30. The number of rotatable bonds is 8. The van der Waals surface area contributed by atoms with Gasteiger partial charge in [0.05, 0.1) is 12.2 Å². The Labute approximate surface area is 171 Å². The molecule has 0 bridgehead atoms. The van der Waals surface area contributed by atoms with E-state index in [1.165, 1.54) is 6.08 Å². The van der Waals surface area contributed by atoms with Crippen LogP contribution in [-0.2, 0) is 16.1 Å². The van der Waals surface area contributed by atoms with Crippen LogP contribution in [0.1, 0.15) is 36.4 Å². The lowest BCUT2D eigenvalue weighted by atomic mass is 10.1. The van der Waals surface area contributed by atoms with Crippen molar-refractivity contribution < 1.29 is 9.59 Å². The smallest absolute Gasteiger partial charge is 0.244 e. The maximum Gasteiger partial charge on any atom is 0.244 e. The molecule has 7 heteroatoms. The fourth-order valence-electron chi connectivity index (χ4n) is 2.69. The second kappa shape index (κ2) is 10.1. The van der Waals surface area contributed by atoms with E-state index < -0.39 is 0 Å². The van der Waals surface area contributed by atoms with Crippen molar-refractivity contribution in [3.63, 3.8) is 0 Å². The molecular formula is C21H27ClN4O2. The van der Waals surface area contributed by atoms with Gasteiger partial charge in [-0.15, -0.1) is 0 Å². The Morgan fingerprint density at radius 3 is 2.54 bits per heavy atom. The molecule has 1 aromatic carbocycles. The van der Waals surface area contributed by atoms with E-state index in [2.05, 4.69) is 15.7 Å². The van der Waals surface area contributed by atoms with Gasteiger partial charge in [0.25, 0.3) is 0 Å². The Morgan fingerprint density at radius 1 is 1.18 bits per heavy atom. The van der Waals surface area contributed by atoms with Gasteiger partial charge in [0.15, 0.2) is 0 Å². The van der Waals surface area contributed by atoms with E-state index in [0.29, 0.717) is 24.7 Å². The molecule has 1 aromatic heterocycles. The standard InChI is InChI=1S/C21H27ClN4O2/c1-14(2)21(28)24-12-11-23-20(27)10-9-18-15(3)25-26(16(18)4)13-17-7-5-6-8-19(17)22/h5-10,14H,11-13H2,1-4H3,(H,23,27)(H,24,28)/b10-9+. The van der Waals surface area contributed by atoms with Crippen LogP contribution >= 0.6 is 11.6 Å². The zero-order valence-electron chi connectivity index (χ0n) is 16.8. The van der Waals surface area contributed by atoms with Gasteiger partial charge >= 0.3 is 0 Å². The van der Waals surface area contributed by atoms with Gasteiger partial charge in [0.1, 0.15) is 0 Å². The molecule has 2 aromatic rings. The molecule has 6 nitrogen and oxygen atoms in total. The third-order valence-corrected chi connectivity index (χ3v) is 4.73. The van der Waals surface area contributed by atoms with Gasteiger partial charge in [-0.25, -0.2) is 0 Å². The van der Waals surface area contributed by atoms with Gasteiger partial charge in [0.2, 0.25) is 11.8 Å². The fraction of sp³-hybridized carbons (Fsp3) is 0.381. The second-order valence-corrected chi connectivity index (χ2v) is 7.31. The Morgan fingerprint density at radius 2 is 1.86 bits per heavy atom. The molecule has 0 atom stereocenters. The number of hydrogen-bond donors (Lipinski definition) is 2. The molecule has 0 saturated heterocycles. The van der Waals surface area contributed by atoms with E-state index in [1.54, 1.807) is 6.08 Å². The van der Waals surface area contributed by atoms with Crippen LogP contribution in [0, 0.1) is 19.8 Å². The molecule has 150 valence electrons. The number of aromatic nitrogens is 2. The molecule has 0 radical (unpaired) electrons. The first-order chi connectivity index (χ1) is 13.3. The lowest BCUT2D eigenvalue weighted by molar-refractivity contribution is -0.124. The Balaban J connectivity index is 1.94.